The molecule has 2 heterocycles. The highest BCUT2D eigenvalue weighted by Crippen LogP contribution is 2.23. The molecule has 2 aliphatic rings. The number of nitrogens with one attached hydrogen (secondary N) is 1. The normalized spacial score (nSPS) is 22.8. The van der Waals surface area contributed by atoms with Crippen molar-refractivity contribution in [3.63, 3.8) is 0 Å². The molecule has 0 bridgehead atoms. The van der Waals surface area contributed by atoms with E-state index in [1.165, 1.54) is 0 Å². The standard InChI is InChI=1S/C17H22N2O5/c20-15(21)17(7-10-23-11-8-17)18-16(22)19-9-6-14(12-19)24-13-4-2-1-3-5-13/h1-5,14H,6-12H2,(H,18,22)(H,20,21)/t14-/m1/s1. The van der Waals surface area contributed by atoms with Gasteiger partial charge in [0.2, 0.25) is 0 Å². The minimum Gasteiger partial charge on any atom is -0.489 e. The van der Waals surface area contributed by atoms with Crippen molar-refractivity contribution in [3.05, 3.63) is 30.3 Å². The molecule has 0 aliphatic carbocycles. The minimum absolute atomic E-state index is 0.0754. The number of carboxylic acids is 1. The molecule has 24 heavy (non-hydrogen) atoms. The number of aliphatic carboxylic acids is 1. The second-order valence-corrected chi connectivity index (χ2v) is 6.22. The van der Waals surface area contributed by atoms with Crippen molar-refractivity contribution in [2.24, 2.45) is 0 Å². The van der Waals surface area contributed by atoms with Crippen molar-refractivity contribution in [2.45, 2.75) is 30.9 Å². The highest BCUT2D eigenvalue weighted by atomic mass is 16.5. The fourth-order valence-corrected chi connectivity index (χ4v) is 3.10. The van der Waals surface area contributed by atoms with E-state index in [0.29, 0.717) is 26.3 Å². The van der Waals surface area contributed by atoms with Crippen molar-refractivity contribution >= 4 is 12.0 Å². The largest absolute Gasteiger partial charge is 0.489 e. The Bertz CT molecular complexity index is 586. The smallest absolute Gasteiger partial charge is 0.329 e. The maximum atomic E-state index is 12.5. The van der Waals surface area contributed by atoms with Gasteiger partial charge in [0.15, 0.2) is 0 Å². The summed E-state index contributed by atoms with van der Waals surface area (Å²) >= 11 is 0. The van der Waals surface area contributed by atoms with Gasteiger partial charge in [0.1, 0.15) is 17.4 Å². The molecule has 2 fully saturated rings. The third-order valence-corrected chi connectivity index (χ3v) is 4.58. The first kappa shape index (κ1) is 16.6. The first-order valence-corrected chi connectivity index (χ1v) is 8.19. The van der Waals surface area contributed by atoms with Gasteiger partial charge in [-0.25, -0.2) is 9.59 Å². The Balaban J connectivity index is 1.57. The third kappa shape index (κ3) is 3.62. The van der Waals surface area contributed by atoms with Crippen LogP contribution in [-0.4, -0.2) is 60.0 Å². The van der Waals surface area contributed by atoms with Crippen molar-refractivity contribution in [1.29, 1.82) is 0 Å². The Morgan fingerprint density at radius 1 is 1.25 bits per heavy atom. The number of carbonyl (C=O) groups excluding carboxylic acids is 1. The summed E-state index contributed by atoms with van der Waals surface area (Å²) in [6.07, 6.45) is 1.22. The van der Waals surface area contributed by atoms with Gasteiger partial charge >= 0.3 is 12.0 Å². The van der Waals surface area contributed by atoms with Crippen LogP contribution in [0.15, 0.2) is 30.3 Å². The molecule has 7 heteroatoms. The molecule has 0 unspecified atom stereocenters. The number of likely N-dealkylation sites (tertiary alicyclic amines) is 1. The molecule has 2 N–H and O–H groups in total. The number of hydrogen-bond acceptors (Lipinski definition) is 4. The lowest BCUT2D eigenvalue weighted by molar-refractivity contribution is -0.148. The first-order chi connectivity index (χ1) is 11.6. The van der Waals surface area contributed by atoms with E-state index in [4.69, 9.17) is 9.47 Å². The summed E-state index contributed by atoms with van der Waals surface area (Å²) < 4.78 is 11.1. The molecule has 2 saturated heterocycles. The molecule has 1 aromatic rings. The van der Waals surface area contributed by atoms with E-state index in [1.54, 1.807) is 4.90 Å². The van der Waals surface area contributed by atoms with Crippen molar-refractivity contribution in [2.75, 3.05) is 26.3 Å². The van der Waals surface area contributed by atoms with Gasteiger partial charge in [-0.1, -0.05) is 18.2 Å². The van der Waals surface area contributed by atoms with Crippen molar-refractivity contribution < 1.29 is 24.2 Å². The number of rotatable bonds is 4. The molecule has 1 aromatic carbocycles. The molecular formula is C17H22N2O5. The van der Waals surface area contributed by atoms with E-state index in [-0.39, 0.29) is 25.0 Å². The maximum Gasteiger partial charge on any atom is 0.329 e. The Morgan fingerprint density at radius 3 is 2.62 bits per heavy atom. The average molecular weight is 334 g/mol. The number of amides is 2. The molecule has 0 saturated carbocycles. The van der Waals surface area contributed by atoms with Crippen LogP contribution in [0.3, 0.4) is 0 Å². The zero-order chi connectivity index (χ0) is 17.0. The van der Waals surface area contributed by atoms with E-state index in [9.17, 15) is 14.7 Å². The van der Waals surface area contributed by atoms with Crippen LogP contribution in [0.1, 0.15) is 19.3 Å². The van der Waals surface area contributed by atoms with Crippen LogP contribution >= 0.6 is 0 Å². The van der Waals surface area contributed by atoms with Crippen LogP contribution in [0.5, 0.6) is 5.75 Å². The quantitative estimate of drug-likeness (QED) is 0.871. The Morgan fingerprint density at radius 2 is 1.96 bits per heavy atom. The number of carbonyl (C=O) groups is 2. The fraction of sp³-hybridized carbons (Fsp3) is 0.529. The number of benzene rings is 1. The molecule has 1 atom stereocenters. The summed E-state index contributed by atoms with van der Waals surface area (Å²) in [7, 11) is 0. The summed E-state index contributed by atoms with van der Waals surface area (Å²) in [5.74, 6) is -0.230. The van der Waals surface area contributed by atoms with E-state index < -0.39 is 11.5 Å². The lowest BCUT2D eigenvalue weighted by atomic mass is 9.90. The van der Waals surface area contributed by atoms with Crippen LogP contribution in [-0.2, 0) is 9.53 Å². The van der Waals surface area contributed by atoms with Gasteiger partial charge in [-0.15, -0.1) is 0 Å². The van der Waals surface area contributed by atoms with Crippen molar-refractivity contribution in [3.8, 4) is 5.75 Å². The maximum absolute atomic E-state index is 12.5. The van der Waals surface area contributed by atoms with Crippen LogP contribution in [0.2, 0.25) is 0 Å². The second-order valence-electron chi connectivity index (χ2n) is 6.22. The third-order valence-electron chi connectivity index (χ3n) is 4.58. The second kappa shape index (κ2) is 7.09. The SMILES string of the molecule is O=C(NC1(C(=O)O)CCOCC1)N1CC[C@@H](Oc2ccccc2)C1. The van der Waals surface area contributed by atoms with E-state index >= 15 is 0 Å². The fourth-order valence-electron chi connectivity index (χ4n) is 3.10. The van der Waals surface area contributed by atoms with Gasteiger partial charge in [-0.05, 0) is 12.1 Å². The van der Waals surface area contributed by atoms with Gasteiger partial charge in [0.25, 0.3) is 0 Å². The molecule has 0 radical (unpaired) electrons. The predicted octanol–water partition coefficient (Wildman–Crippen LogP) is 1.48. The number of ether oxygens (including phenoxy) is 2. The molecule has 2 aliphatic heterocycles. The van der Waals surface area contributed by atoms with Crippen LogP contribution in [0, 0.1) is 0 Å². The topological polar surface area (TPSA) is 88.1 Å². The van der Waals surface area contributed by atoms with Gasteiger partial charge in [-0.3, -0.25) is 0 Å². The van der Waals surface area contributed by atoms with Crippen LogP contribution < -0.4 is 10.1 Å². The van der Waals surface area contributed by atoms with Crippen LogP contribution in [0.4, 0.5) is 4.79 Å². The highest BCUT2D eigenvalue weighted by Gasteiger charge is 2.43. The molecule has 130 valence electrons. The van der Waals surface area contributed by atoms with Gasteiger partial charge in [-0.2, -0.15) is 0 Å². The van der Waals surface area contributed by atoms with E-state index in [2.05, 4.69) is 5.32 Å². The summed E-state index contributed by atoms with van der Waals surface area (Å²) in [6.45, 7) is 1.68. The molecular weight excluding hydrogens is 312 g/mol. The summed E-state index contributed by atoms with van der Waals surface area (Å²) in [4.78, 5) is 25.7. The molecule has 3 rings (SSSR count). The van der Waals surface area contributed by atoms with E-state index in [0.717, 1.165) is 12.2 Å². The average Bonchev–Trinajstić information content (AvgIpc) is 3.05. The molecule has 0 aromatic heterocycles. The number of hydrogen-bond donors (Lipinski definition) is 2. The first-order valence-electron chi connectivity index (χ1n) is 8.19. The minimum atomic E-state index is -1.23. The number of carboxylic acid groups (broad SMARTS) is 1. The number of para-hydroxylation sites is 1. The Hall–Kier alpha value is -2.28. The summed E-state index contributed by atoms with van der Waals surface area (Å²) in [6, 6.07) is 9.13. The summed E-state index contributed by atoms with van der Waals surface area (Å²) in [5.41, 5.74) is -1.23. The van der Waals surface area contributed by atoms with E-state index in [1.807, 2.05) is 30.3 Å². The molecule has 2 amide bonds. The monoisotopic (exact) mass is 334 g/mol. The molecule has 7 nitrogen and oxygen atoms in total. The summed E-state index contributed by atoms with van der Waals surface area (Å²) in [5, 5.41) is 12.2. The van der Waals surface area contributed by atoms with Gasteiger partial charge in [0.05, 0.1) is 6.54 Å². The lowest BCUT2D eigenvalue weighted by Crippen LogP contribution is -2.60. The lowest BCUT2D eigenvalue weighted by Gasteiger charge is -2.35. The van der Waals surface area contributed by atoms with Gasteiger partial charge in [0, 0.05) is 39.0 Å². The van der Waals surface area contributed by atoms with Gasteiger partial charge < -0.3 is 24.8 Å². The Kier molecular flexibility index (Phi) is 4.89. The molecule has 0 spiro atoms. The number of urea groups is 1. The zero-order valence-electron chi connectivity index (χ0n) is 13.4. The van der Waals surface area contributed by atoms with Crippen molar-refractivity contribution in [1.82, 2.24) is 10.2 Å². The predicted molar refractivity (Wildman–Crippen MR) is 86.0 cm³/mol. The number of nitrogens with zero attached hydrogens (tertiary/aromatic N) is 1. The van der Waals surface area contributed by atoms with Crippen LogP contribution in [0.25, 0.3) is 0 Å². The zero-order valence-corrected chi connectivity index (χ0v) is 13.4. The Labute approximate surface area is 140 Å². The highest BCUT2D eigenvalue weighted by molar-refractivity contribution is 5.86.